The van der Waals surface area contributed by atoms with Crippen LogP contribution in [0.4, 0.5) is 0 Å². The van der Waals surface area contributed by atoms with E-state index in [9.17, 15) is 14.9 Å². The topological polar surface area (TPSA) is 122 Å². The molecule has 0 spiro atoms. The molecule has 1 heterocycles. The maximum Gasteiger partial charge on any atom is 0.323 e. The van der Waals surface area contributed by atoms with Crippen molar-refractivity contribution in [3.63, 3.8) is 0 Å². The predicted molar refractivity (Wildman–Crippen MR) is 114 cm³/mol. The Morgan fingerprint density at radius 3 is 2.42 bits per heavy atom. The molecule has 0 radical (unpaired) electrons. The van der Waals surface area contributed by atoms with Gasteiger partial charge in [0.1, 0.15) is 17.7 Å². The number of amides is 1. The molecule has 6 rings (SSSR count). The number of nitrogens with two attached hydrogens (primary N) is 2. The minimum atomic E-state index is -0.629. The first-order valence-corrected chi connectivity index (χ1v) is 12.1. The number of rotatable bonds is 6. The van der Waals surface area contributed by atoms with Crippen molar-refractivity contribution in [2.45, 2.75) is 101 Å². The lowest BCUT2D eigenvalue weighted by Crippen LogP contribution is -2.66. The maximum absolute atomic E-state index is 13.5. The second kappa shape index (κ2) is 7.18. The van der Waals surface area contributed by atoms with E-state index in [2.05, 4.69) is 19.9 Å². The molecule has 31 heavy (non-hydrogen) atoms. The van der Waals surface area contributed by atoms with Gasteiger partial charge in [-0.15, -0.1) is 0 Å². The molecule has 1 amide bonds. The third kappa shape index (κ3) is 3.47. The van der Waals surface area contributed by atoms with E-state index in [0.29, 0.717) is 36.5 Å². The van der Waals surface area contributed by atoms with Gasteiger partial charge in [0.15, 0.2) is 0 Å². The van der Waals surface area contributed by atoms with Gasteiger partial charge in [0.05, 0.1) is 12.1 Å². The normalized spacial score (nSPS) is 44.0. The molecule has 6 fully saturated rings. The van der Waals surface area contributed by atoms with Crippen molar-refractivity contribution in [1.82, 2.24) is 4.90 Å². The molecule has 7 nitrogen and oxygen atoms in total. The summed E-state index contributed by atoms with van der Waals surface area (Å²) in [6.07, 6.45) is 7.76. The number of piperidine rings is 1. The highest BCUT2D eigenvalue weighted by Gasteiger charge is 2.64. The maximum atomic E-state index is 13.5. The lowest BCUT2D eigenvalue weighted by atomic mass is 9.46. The fourth-order valence-electron chi connectivity index (χ4n) is 7.94. The van der Waals surface area contributed by atoms with Crippen molar-refractivity contribution in [3.05, 3.63) is 0 Å². The molecule has 1 saturated heterocycles. The van der Waals surface area contributed by atoms with E-state index in [1.165, 1.54) is 0 Å². The van der Waals surface area contributed by atoms with Crippen LogP contribution in [-0.2, 0) is 14.3 Å². The van der Waals surface area contributed by atoms with Gasteiger partial charge < -0.3 is 21.1 Å². The summed E-state index contributed by atoms with van der Waals surface area (Å²) in [5, 5.41) is 9.54. The van der Waals surface area contributed by atoms with Crippen molar-refractivity contribution in [2.75, 3.05) is 0 Å². The Hall–Kier alpha value is -1.65. The van der Waals surface area contributed by atoms with E-state index in [-0.39, 0.29) is 29.4 Å². The second-order valence-electron chi connectivity index (χ2n) is 11.8. The molecule has 0 aromatic rings. The van der Waals surface area contributed by atoms with Crippen LogP contribution in [0.5, 0.6) is 0 Å². The largest absolute Gasteiger partial charge is 0.458 e. The van der Waals surface area contributed by atoms with Crippen LogP contribution < -0.4 is 11.5 Å². The van der Waals surface area contributed by atoms with Gasteiger partial charge in [0, 0.05) is 6.04 Å². The first kappa shape index (κ1) is 21.2. The number of fused-ring (bicyclic) bond motifs is 1. The van der Waals surface area contributed by atoms with Crippen molar-refractivity contribution >= 4 is 11.9 Å². The third-order valence-corrected chi connectivity index (χ3v) is 8.83. The second-order valence-corrected chi connectivity index (χ2v) is 11.8. The van der Waals surface area contributed by atoms with Crippen molar-refractivity contribution in [1.29, 1.82) is 5.26 Å². The zero-order valence-electron chi connectivity index (χ0n) is 18.8. The highest BCUT2D eigenvalue weighted by molar-refractivity contribution is 5.84. The van der Waals surface area contributed by atoms with Crippen molar-refractivity contribution < 1.29 is 14.3 Å². The average molecular weight is 429 g/mol. The van der Waals surface area contributed by atoms with Crippen LogP contribution in [0.3, 0.4) is 0 Å². The van der Waals surface area contributed by atoms with Gasteiger partial charge in [-0.25, -0.2) is 0 Å². The smallest absolute Gasteiger partial charge is 0.323 e. The van der Waals surface area contributed by atoms with Crippen LogP contribution in [0.1, 0.15) is 71.6 Å². The summed E-state index contributed by atoms with van der Waals surface area (Å²) in [6.45, 7) is 4.10. The highest BCUT2D eigenvalue weighted by Crippen LogP contribution is 2.64. The number of hydrogen-bond donors (Lipinski definition) is 2. The van der Waals surface area contributed by atoms with Gasteiger partial charge in [-0.2, -0.15) is 5.26 Å². The average Bonchev–Trinajstić information content (AvgIpc) is 3.34. The third-order valence-electron chi connectivity index (χ3n) is 8.83. The minimum absolute atomic E-state index is 0.0588. The zero-order valence-corrected chi connectivity index (χ0v) is 18.8. The molecule has 7 atom stereocenters. The number of esters is 1. The summed E-state index contributed by atoms with van der Waals surface area (Å²) >= 11 is 0. The van der Waals surface area contributed by atoms with E-state index in [1.807, 2.05) is 0 Å². The number of ether oxygens (including phenoxy) is 1. The monoisotopic (exact) mass is 428 g/mol. The Balaban J connectivity index is 1.35. The number of carbonyl (C=O) groups is 2. The van der Waals surface area contributed by atoms with E-state index >= 15 is 0 Å². The molecule has 5 saturated carbocycles. The summed E-state index contributed by atoms with van der Waals surface area (Å²) in [6, 6.07) is 0.949. The molecular weight excluding hydrogens is 392 g/mol. The van der Waals surface area contributed by atoms with Gasteiger partial charge in [0.2, 0.25) is 5.91 Å². The van der Waals surface area contributed by atoms with Gasteiger partial charge in [-0.3, -0.25) is 9.59 Å². The van der Waals surface area contributed by atoms with Crippen LogP contribution in [0.2, 0.25) is 0 Å². The van der Waals surface area contributed by atoms with Crippen LogP contribution in [0.25, 0.3) is 0 Å². The van der Waals surface area contributed by atoms with Crippen LogP contribution >= 0.6 is 0 Å². The van der Waals surface area contributed by atoms with Crippen molar-refractivity contribution in [2.24, 2.45) is 40.6 Å². The Morgan fingerprint density at radius 2 is 1.81 bits per heavy atom. The van der Waals surface area contributed by atoms with Crippen LogP contribution in [-0.4, -0.2) is 46.5 Å². The van der Waals surface area contributed by atoms with Crippen LogP contribution in [0, 0.1) is 40.4 Å². The molecule has 0 aromatic carbocycles. The number of likely N-dealkylation sites (tertiary alicyclic amines) is 1. The van der Waals surface area contributed by atoms with Crippen molar-refractivity contribution in [3.8, 4) is 6.07 Å². The number of hydrogen-bond acceptors (Lipinski definition) is 6. The molecule has 0 aromatic heterocycles. The molecule has 4 N–H and O–H groups in total. The summed E-state index contributed by atoms with van der Waals surface area (Å²) in [4.78, 5) is 28.2. The predicted octanol–water partition coefficient (Wildman–Crippen LogP) is 2.08. The Morgan fingerprint density at radius 1 is 1.13 bits per heavy atom. The number of nitriles is 1. The lowest BCUT2D eigenvalue weighted by molar-refractivity contribution is -0.207. The van der Waals surface area contributed by atoms with Gasteiger partial charge in [-0.1, -0.05) is 13.8 Å². The summed E-state index contributed by atoms with van der Waals surface area (Å²) < 4.78 is 6.17. The Bertz CT molecular complexity index is 806. The van der Waals surface area contributed by atoms with Gasteiger partial charge in [0.25, 0.3) is 0 Å². The zero-order chi connectivity index (χ0) is 22.1. The molecule has 7 heteroatoms. The standard InChI is InChI=1S/C24H36N4O3/c1-13(2)3-18(26)22(30)31-24-9-14-4-15(10-24)8-23(7-14,12-24)20(27)21(29)28-17(11-25)5-16-6-19(16)28/h13-20H,3-10,12,26-27H2,1-2H3. The molecule has 5 aliphatic carbocycles. The minimum Gasteiger partial charge on any atom is -0.458 e. The molecule has 4 bridgehead atoms. The molecule has 6 aliphatic rings. The Kier molecular flexibility index (Phi) is 4.91. The SMILES string of the molecule is CC(C)CC(N)C(=O)OC12CC3CC(C1)CC(C(N)C(=O)N1C(C#N)CC4CC41)(C3)C2. The fourth-order valence-corrected chi connectivity index (χ4v) is 7.94. The highest BCUT2D eigenvalue weighted by atomic mass is 16.6. The quantitative estimate of drug-likeness (QED) is 0.625. The van der Waals surface area contributed by atoms with E-state index in [1.54, 1.807) is 4.90 Å². The molecule has 170 valence electrons. The van der Waals surface area contributed by atoms with Gasteiger partial charge >= 0.3 is 5.97 Å². The summed E-state index contributed by atoms with van der Waals surface area (Å²) in [7, 11) is 0. The lowest BCUT2D eigenvalue weighted by Gasteiger charge is -2.62. The Labute approximate surface area is 184 Å². The summed E-state index contributed by atoms with van der Waals surface area (Å²) in [5.41, 5.74) is 12.0. The first-order chi connectivity index (χ1) is 14.7. The van der Waals surface area contributed by atoms with Crippen LogP contribution in [0.15, 0.2) is 0 Å². The van der Waals surface area contributed by atoms with E-state index in [0.717, 1.165) is 44.9 Å². The molecule has 7 unspecified atom stereocenters. The molecular formula is C24H36N4O3. The number of nitrogens with zero attached hydrogens (tertiary/aromatic N) is 2. The first-order valence-electron chi connectivity index (χ1n) is 12.1. The molecule has 1 aliphatic heterocycles. The number of carbonyl (C=O) groups excluding carboxylic acids is 2. The fraction of sp³-hybridized carbons (Fsp3) is 0.875. The van der Waals surface area contributed by atoms with Gasteiger partial charge in [-0.05, 0) is 86.9 Å². The van der Waals surface area contributed by atoms with E-state index in [4.69, 9.17) is 16.2 Å². The summed E-state index contributed by atoms with van der Waals surface area (Å²) in [5.74, 6) is 1.32. The van der Waals surface area contributed by atoms with E-state index < -0.39 is 17.7 Å².